The second-order valence-corrected chi connectivity index (χ2v) is 6.40. The van der Waals surface area contributed by atoms with E-state index in [1.54, 1.807) is 6.08 Å². The average Bonchev–Trinajstić information content (AvgIpc) is 3.12. The normalized spacial score (nSPS) is 13.7. The van der Waals surface area contributed by atoms with Gasteiger partial charge in [-0.3, -0.25) is 0 Å². The monoisotopic (exact) mass is 368 g/mol. The number of aromatic nitrogens is 3. The number of para-hydroxylation sites is 1. The summed E-state index contributed by atoms with van der Waals surface area (Å²) in [5, 5.41) is 15.3. The molecule has 7 nitrogen and oxygen atoms in total. The fourth-order valence-electron chi connectivity index (χ4n) is 3.09. The molecule has 0 fully saturated rings. The van der Waals surface area contributed by atoms with Crippen molar-refractivity contribution < 1.29 is 4.74 Å². The van der Waals surface area contributed by atoms with Crippen molar-refractivity contribution in [1.29, 1.82) is 0 Å². The summed E-state index contributed by atoms with van der Waals surface area (Å²) in [6, 6.07) is 7.94. The minimum atomic E-state index is 0.483. The first kappa shape index (κ1) is 18.9. The highest BCUT2D eigenvalue weighted by Crippen LogP contribution is 2.19. The second-order valence-electron chi connectivity index (χ2n) is 6.40. The van der Waals surface area contributed by atoms with Gasteiger partial charge >= 0.3 is 0 Å². The number of hydrogen-bond acceptors (Lipinski definition) is 4. The number of rotatable bonds is 8. The number of ether oxygens (including phenoxy) is 1. The summed E-state index contributed by atoms with van der Waals surface area (Å²) in [4.78, 5) is 4.70. The summed E-state index contributed by atoms with van der Waals surface area (Å²) in [5.41, 5.74) is 1.04. The van der Waals surface area contributed by atoms with Crippen molar-refractivity contribution in [2.24, 2.45) is 4.99 Å². The first-order chi connectivity index (χ1) is 13.3. The lowest BCUT2D eigenvalue weighted by Crippen LogP contribution is -2.37. The third-order valence-corrected chi connectivity index (χ3v) is 4.43. The van der Waals surface area contributed by atoms with Crippen molar-refractivity contribution in [3.63, 3.8) is 0 Å². The van der Waals surface area contributed by atoms with Crippen molar-refractivity contribution in [2.45, 2.75) is 45.8 Å². The topological polar surface area (TPSA) is 76.4 Å². The Labute approximate surface area is 160 Å². The zero-order chi connectivity index (χ0) is 18.9. The van der Waals surface area contributed by atoms with E-state index in [9.17, 15) is 0 Å². The van der Waals surface area contributed by atoms with Crippen LogP contribution in [0.4, 0.5) is 0 Å². The average molecular weight is 368 g/mol. The molecule has 0 saturated heterocycles. The summed E-state index contributed by atoms with van der Waals surface area (Å²) >= 11 is 0. The van der Waals surface area contributed by atoms with Crippen LogP contribution < -0.4 is 15.4 Å². The number of aliphatic imine (C=N–C) groups is 1. The highest BCUT2D eigenvalue weighted by Gasteiger charge is 2.15. The van der Waals surface area contributed by atoms with Gasteiger partial charge in [0, 0.05) is 25.1 Å². The van der Waals surface area contributed by atoms with E-state index in [0.717, 1.165) is 48.4 Å². The molecule has 1 aliphatic rings. The van der Waals surface area contributed by atoms with Gasteiger partial charge in [-0.25, -0.2) is 4.99 Å². The van der Waals surface area contributed by atoms with Crippen LogP contribution in [0.3, 0.4) is 0 Å². The van der Waals surface area contributed by atoms with E-state index in [0.29, 0.717) is 19.7 Å². The molecule has 0 atom stereocenters. The van der Waals surface area contributed by atoms with Gasteiger partial charge in [0.1, 0.15) is 18.2 Å². The zero-order valence-corrected chi connectivity index (χ0v) is 15.9. The Hall–Kier alpha value is -2.83. The molecule has 2 N–H and O–H groups in total. The third kappa shape index (κ3) is 5.09. The van der Waals surface area contributed by atoms with Crippen LogP contribution in [-0.2, 0) is 26.1 Å². The van der Waals surface area contributed by atoms with E-state index < -0.39 is 0 Å². The standard InChI is InChI=1S/C20H28N6O/c1-3-13-27-17-10-6-5-9-16(17)14-22-20(21-4-2)23-15-19-25-24-18-11-7-8-12-26(18)19/h3,5-6,9-10H,1,4,7-8,11-15H2,2H3,(H2,21,22,23). The molecular weight excluding hydrogens is 340 g/mol. The molecule has 0 unspecified atom stereocenters. The number of guanidine groups is 1. The largest absolute Gasteiger partial charge is 0.489 e. The van der Waals surface area contributed by atoms with Gasteiger partial charge in [-0.2, -0.15) is 0 Å². The lowest BCUT2D eigenvalue weighted by atomic mass is 10.2. The maximum absolute atomic E-state index is 5.71. The van der Waals surface area contributed by atoms with E-state index in [-0.39, 0.29) is 0 Å². The maximum atomic E-state index is 5.71. The molecule has 0 aliphatic carbocycles. The van der Waals surface area contributed by atoms with Gasteiger partial charge in [-0.1, -0.05) is 30.9 Å². The molecule has 0 amide bonds. The first-order valence-electron chi connectivity index (χ1n) is 9.56. The van der Waals surface area contributed by atoms with Gasteiger partial charge in [0.2, 0.25) is 0 Å². The number of nitrogens with zero attached hydrogens (tertiary/aromatic N) is 4. The number of aryl methyl sites for hydroxylation is 1. The Morgan fingerprint density at radius 3 is 3.04 bits per heavy atom. The maximum Gasteiger partial charge on any atom is 0.191 e. The molecule has 0 radical (unpaired) electrons. The third-order valence-electron chi connectivity index (χ3n) is 4.43. The van der Waals surface area contributed by atoms with Crippen LogP contribution in [0.15, 0.2) is 41.9 Å². The Balaban J connectivity index is 1.65. The van der Waals surface area contributed by atoms with Crippen LogP contribution in [0.1, 0.15) is 37.0 Å². The Bertz CT molecular complexity index is 783. The van der Waals surface area contributed by atoms with E-state index in [4.69, 9.17) is 9.73 Å². The molecule has 2 aromatic rings. The minimum Gasteiger partial charge on any atom is -0.489 e. The lowest BCUT2D eigenvalue weighted by molar-refractivity contribution is 0.359. The van der Waals surface area contributed by atoms with Crippen LogP contribution in [0, 0.1) is 0 Å². The molecule has 0 saturated carbocycles. The second kappa shape index (κ2) is 9.75. The van der Waals surface area contributed by atoms with Crippen LogP contribution in [-0.4, -0.2) is 33.9 Å². The number of benzene rings is 1. The molecular formula is C20H28N6O. The van der Waals surface area contributed by atoms with Crippen molar-refractivity contribution in [3.05, 3.63) is 54.1 Å². The highest BCUT2D eigenvalue weighted by atomic mass is 16.5. The number of hydrogen-bond donors (Lipinski definition) is 2. The molecule has 3 rings (SSSR count). The van der Waals surface area contributed by atoms with Crippen molar-refractivity contribution in [1.82, 2.24) is 25.4 Å². The van der Waals surface area contributed by atoms with Crippen molar-refractivity contribution in [2.75, 3.05) is 13.2 Å². The summed E-state index contributed by atoms with van der Waals surface area (Å²) in [6.07, 6.45) is 5.14. The zero-order valence-electron chi connectivity index (χ0n) is 15.9. The number of fused-ring (bicyclic) bond motifs is 1. The fraction of sp³-hybridized carbons (Fsp3) is 0.450. The van der Waals surface area contributed by atoms with E-state index in [1.165, 1.54) is 12.8 Å². The summed E-state index contributed by atoms with van der Waals surface area (Å²) in [5.74, 6) is 3.64. The number of nitrogens with one attached hydrogen (secondary N) is 2. The molecule has 0 spiro atoms. The summed E-state index contributed by atoms with van der Waals surface area (Å²) in [7, 11) is 0. The molecule has 0 bridgehead atoms. The summed E-state index contributed by atoms with van der Waals surface area (Å²) < 4.78 is 7.93. The van der Waals surface area contributed by atoms with Crippen LogP contribution in [0.5, 0.6) is 5.75 Å². The lowest BCUT2D eigenvalue weighted by Gasteiger charge is -2.16. The molecule has 1 aliphatic heterocycles. The van der Waals surface area contributed by atoms with Crippen LogP contribution >= 0.6 is 0 Å². The van der Waals surface area contributed by atoms with Gasteiger partial charge in [-0.15, -0.1) is 10.2 Å². The van der Waals surface area contributed by atoms with Gasteiger partial charge in [0.05, 0.1) is 13.1 Å². The van der Waals surface area contributed by atoms with Crippen molar-refractivity contribution in [3.8, 4) is 5.75 Å². The quantitative estimate of drug-likeness (QED) is 0.425. The molecule has 144 valence electrons. The van der Waals surface area contributed by atoms with E-state index in [2.05, 4.69) is 38.9 Å². The van der Waals surface area contributed by atoms with E-state index >= 15 is 0 Å². The molecule has 1 aromatic carbocycles. The summed E-state index contributed by atoms with van der Waals surface area (Å²) in [6.45, 7) is 9.16. The minimum absolute atomic E-state index is 0.483. The van der Waals surface area contributed by atoms with Gasteiger partial charge < -0.3 is 19.9 Å². The van der Waals surface area contributed by atoms with Gasteiger partial charge in [0.25, 0.3) is 0 Å². The Morgan fingerprint density at radius 1 is 1.30 bits per heavy atom. The molecule has 2 heterocycles. The highest BCUT2D eigenvalue weighted by molar-refractivity contribution is 5.79. The first-order valence-corrected chi connectivity index (χ1v) is 9.56. The van der Waals surface area contributed by atoms with Crippen LogP contribution in [0.25, 0.3) is 0 Å². The predicted octanol–water partition coefficient (Wildman–Crippen LogP) is 2.43. The predicted molar refractivity (Wildman–Crippen MR) is 107 cm³/mol. The smallest absolute Gasteiger partial charge is 0.191 e. The molecule has 7 heteroatoms. The Kier molecular flexibility index (Phi) is 6.84. The van der Waals surface area contributed by atoms with Crippen molar-refractivity contribution >= 4 is 5.96 Å². The van der Waals surface area contributed by atoms with Gasteiger partial charge in [0.15, 0.2) is 11.8 Å². The SMILES string of the molecule is C=CCOc1ccccc1CN=C(NCC)NCc1nnc2n1CCCC2. The molecule has 1 aromatic heterocycles. The van der Waals surface area contributed by atoms with E-state index in [1.807, 2.05) is 24.3 Å². The fourth-order valence-corrected chi connectivity index (χ4v) is 3.09. The Morgan fingerprint density at radius 2 is 2.19 bits per heavy atom. The van der Waals surface area contributed by atoms with Crippen LogP contribution in [0.2, 0.25) is 0 Å². The van der Waals surface area contributed by atoms with Gasteiger partial charge in [-0.05, 0) is 25.8 Å². The molecule has 27 heavy (non-hydrogen) atoms.